The van der Waals surface area contributed by atoms with E-state index in [4.69, 9.17) is 47.2 Å². The van der Waals surface area contributed by atoms with Crippen molar-refractivity contribution in [3.8, 4) is 22.3 Å². The van der Waals surface area contributed by atoms with Gasteiger partial charge in [0, 0.05) is 151 Å². The SMILES string of the molecule is [2H]C([2H])(CN1C([2H])([2H])C([2H])([2H])C([2H])(N(Cc2ccc(-c3ccc(C(F)(F)F)cc3)cc2)C(=O)Cn2c(SC([2H])([2H])c3cccc(F)c3F)cc(=O)c3ccccc32)C([2H])([2H])C1([2H])[2H])OC.[2H]c1c([2H])c(F)c(F)c(C([2H])([2H])Sc2c([2H])c(=O)c3c([2H])c([2H])c([2H])c([2H])c3n2CC(=O)N(Cc2c([2H])c([2H])c(-c3c([2H])c([2H])c(C(F)(F)F)c([2H])c3[2H])c([2H])c2C)C2([2H])C([2H])([2H])C([2H])([2H])N(CC([2H])([2H])OC)C([2H])([2H])C2([2H])[2H])c1[2H]. The van der Waals surface area contributed by atoms with E-state index in [0.29, 0.717) is 18.2 Å². The molecule has 0 saturated carbocycles. The van der Waals surface area contributed by atoms with Crippen LogP contribution in [0.3, 0.4) is 0 Å². The monoisotopic (exact) mass is 1530 g/mol. The van der Waals surface area contributed by atoms with E-state index in [9.17, 15) is 54.0 Å². The maximum absolute atomic E-state index is 15.7. The van der Waals surface area contributed by atoms with Gasteiger partial charge >= 0.3 is 12.4 Å². The van der Waals surface area contributed by atoms with Gasteiger partial charge in [0.25, 0.3) is 0 Å². The Morgan fingerprint density at radius 3 is 1.71 bits per heavy atom. The number of halogens is 10. The molecule has 2 aromatic heterocycles. The number of fused-ring (bicyclic) bond motifs is 2. The van der Waals surface area contributed by atoms with Gasteiger partial charge in [-0.2, -0.15) is 26.3 Å². The molecule has 105 heavy (non-hydrogen) atoms. The Kier molecular flexibility index (Phi) is 13.3. The molecule has 2 fully saturated rings. The zero-order chi connectivity index (χ0) is 111. The Hall–Kier alpha value is -9.04. The van der Waals surface area contributed by atoms with Crippen molar-refractivity contribution in [2.75, 3.05) is 66.4 Å². The van der Waals surface area contributed by atoms with Crippen molar-refractivity contribution in [1.82, 2.24) is 28.7 Å². The summed E-state index contributed by atoms with van der Waals surface area (Å²) in [5.74, 6) is -11.0. The first-order valence-corrected chi connectivity index (χ1v) is 31.9. The van der Waals surface area contributed by atoms with Gasteiger partial charge in [-0.05, 0) is 132 Å². The summed E-state index contributed by atoms with van der Waals surface area (Å²) < 4.78 is 512. The van der Waals surface area contributed by atoms with Crippen molar-refractivity contribution in [3.05, 3.63) is 270 Å². The molecule has 0 aliphatic carbocycles. The number of nitrogens with zero attached hydrogens (tertiary/aromatic N) is 6. The van der Waals surface area contributed by atoms with Crippen LogP contribution in [0.4, 0.5) is 43.9 Å². The quantitative estimate of drug-likeness (QED) is 0.0428. The zero-order valence-corrected chi connectivity index (χ0v) is 55.8. The average Bonchev–Trinajstić information content (AvgIpc) is 0.665. The Morgan fingerprint density at radius 1 is 0.543 bits per heavy atom. The van der Waals surface area contributed by atoms with Crippen LogP contribution in [0.2, 0.25) is 0 Å². The van der Waals surface area contributed by atoms with E-state index < -0.39 is 353 Å². The number of thioether (sulfide) groups is 2. The summed E-state index contributed by atoms with van der Waals surface area (Å²) in [5, 5.41) is -3.02. The third-order valence-electron chi connectivity index (χ3n) is 15.0. The fraction of sp³-hybridized carbons (Fsp3) is 0.309. The molecule has 2 saturated heterocycles. The van der Waals surface area contributed by atoms with E-state index in [0.717, 1.165) is 55.0 Å². The molecule has 2 amide bonds. The minimum absolute atomic E-state index is 0.0104. The normalized spacial score (nSPS) is 24.8. The molecule has 0 atom stereocenters. The molecule has 10 aromatic rings. The summed E-state index contributed by atoms with van der Waals surface area (Å²) in [6, 6.07) is -11.3. The third-order valence-corrected chi connectivity index (χ3v) is 16.7. The molecule has 4 heterocycles. The second-order valence-electron chi connectivity index (χ2n) is 21.8. The highest BCUT2D eigenvalue weighted by molar-refractivity contribution is 7.98. The van der Waals surface area contributed by atoms with Gasteiger partial charge < -0.3 is 38.2 Å². The minimum atomic E-state index is -5.50. The Labute approximate surface area is 667 Å². The molecule has 0 spiro atoms. The summed E-state index contributed by atoms with van der Waals surface area (Å²) >= 11 is -0.417. The number of alkyl halides is 6. The number of methoxy groups -OCH3 is 2. The summed E-state index contributed by atoms with van der Waals surface area (Å²) in [4.78, 5) is 57.7. The molecular weight excluding hydrogens is 1410 g/mol. The van der Waals surface area contributed by atoms with Crippen molar-refractivity contribution in [2.45, 2.75) is 104 Å². The van der Waals surface area contributed by atoms with Crippen molar-refractivity contribution >= 4 is 57.1 Å². The van der Waals surface area contributed by atoms with E-state index >= 15 is 22.8 Å². The van der Waals surface area contributed by atoms with E-state index in [-0.39, 0.29) is 52.4 Å². The standard InChI is InChI=1S/C41H40F5N3O3S.C40H38F5N3O3S/c1-27-22-29(28-12-14-32(15-13-28)41(44,45)46)10-11-30(27)24-48(33-16-18-47(19-17-33)20-21-52-2)38(51)25-49-36-9-4-3-7-34(36)37(50)23-39(49)53-26-31-6-5-8-35(42)40(31)43;1-51-22-21-46-19-17-32(18-20-46)47(24-27-9-11-28(12-10-27)29-13-15-31(16-14-29)40(43,44)45)37(50)25-48-35-8-3-2-6-33(35)36(49)23-38(48)52-26-30-5-4-7-34(41)39(30)42/h3-15,22-23,33H,16-21,24-26H2,1-2H3;2-16,23,32H,17-22,24-26H2,1H3/i3D,4D,5D,6D,7D,8D,9D,10D,11D,12D,13D,14D,15D,16D2,17D2,18D2,19D2,21D2,22D,23D,26D2,33D;17D2,18D2,19D2,20D2,22D2,26D2,32D. The highest BCUT2D eigenvalue weighted by Crippen LogP contribution is 2.36. The average molecular weight is 1530 g/mol. The van der Waals surface area contributed by atoms with Crippen LogP contribution >= 0.6 is 23.5 Å². The Balaban J connectivity index is 0.000000284. The minimum Gasteiger partial charge on any atom is -0.383 e. The van der Waals surface area contributed by atoms with Crippen LogP contribution in [-0.2, 0) is 69.0 Å². The van der Waals surface area contributed by atoms with Crippen LogP contribution in [0.5, 0.6) is 0 Å². The Bertz CT molecular complexity index is 6930. The number of likely N-dealkylation sites (tertiary alicyclic amines) is 2. The maximum atomic E-state index is 15.7. The van der Waals surface area contributed by atoms with Crippen molar-refractivity contribution in [2.24, 2.45) is 0 Å². The highest BCUT2D eigenvalue weighted by atomic mass is 32.2. The first-order chi connectivity index (χ1) is 66.4. The number of aromatic nitrogens is 2. The molecule has 12 nitrogen and oxygen atoms in total. The van der Waals surface area contributed by atoms with Crippen LogP contribution in [-0.4, -0.2) is 119 Å². The summed E-state index contributed by atoms with van der Waals surface area (Å²) in [5.41, 5.74) is -19.2. The molecule has 2 aliphatic heterocycles. The second-order valence-corrected chi connectivity index (χ2v) is 23.4. The van der Waals surface area contributed by atoms with E-state index in [2.05, 4.69) is 4.74 Å². The Morgan fingerprint density at radius 2 is 1.10 bits per heavy atom. The lowest BCUT2D eigenvalue weighted by Crippen LogP contribution is -2.48. The topological polar surface area (TPSA) is 110 Å². The second kappa shape index (κ2) is 34.9. The number of para-hydroxylation sites is 2. The number of carbonyl (C=O) groups is 2. The number of pyridine rings is 2. The third kappa shape index (κ3) is 19.3. The van der Waals surface area contributed by atoms with E-state index in [1.54, 1.807) is 0 Å². The van der Waals surface area contributed by atoms with E-state index in [1.165, 1.54) is 60.7 Å². The fourth-order valence-electron chi connectivity index (χ4n) is 9.71. The smallest absolute Gasteiger partial charge is 0.383 e. The predicted molar refractivity (Wildman–Crippen MR) is 391 cm³/mol. The fourth-order valence-corrected chi connectivity index (χ4v) is 11.3. The lowest BCUT2D eigenvalue weighted by molar-refractivity contribution is -0.138. The molecule has 8 aromatic carbocycles. The molecular formula is C81H78F10N6O6S2. The lowest BCUT2D eigenvalue weighted by Gasteiger charge is -2.39. The molecule has 24 heteroatoms. The maximum Gasteiger partial charge on any atom is 0.416 e. The van der Waals surface area contributed by atoms with Crippen molar-refractivity contribution in [1.29, 1.82) is 0 Å². The first-order valence-electron chi connectivity index (χ1n) is 50.7. The van der Waals surface area contributed by atoms with Crippen LogP contribution in [0, 0.1) is 30.2 Å². The number of amides is 2. The van der Waals surface area contributed by atoms with Crippen LogP contribution in [0.15, 0.2) is 207 Å². The summed E-state index contributed by atoms with van der Waals surface area (Å²) in [7, 11) is 1.55. The summed E-state index contributed by atoms with van der Waals surface area (Å²) in [6.45, 7) is -30.3. The van der Waals surface area contributed by atoms with Crippen LogP contribution in [0.1, 0.15) is 121 Å². The number of rotatable bonds is 24. The van der Waals surface area contributed by atoms with Gasteiger partial charge in [-0.25, -0.2) is 17.6 Å². The van der Waals surface area contributed by atoms with Gasteiger partial charge in [-0.3, -0.25) is 19.2 Å². The first kappa shape index (κ1) is 40.1. The van der Waals surface area contributed by atoms with E-state index in [1.807, 2.05) is 0 Å². The molecule has 2 aliphatic rings. The molecule has 0 bridgehead atoms. The molecule has 12 rings (SSSR count). The van der Waals surface area contributed by atoms with Gasteiger partial charge in [-0.1, -0.05) is 115 Å². The van der Waals surface area contributed by atoms with Crippen LogP contribution in [0.25, 0.3) is 44.1 Å². The highest BCUT2D eigenvalue weighted by Gasteiger charge is 2.34. The number of hydrogen-bond acceptors (Lipinski definition) is 10. The number of ether oxygens (including phenoxy) is 2. The number of carbonyl (C=O) groups excluding carboxylic acids is 2. The van der Waals surface area contributed by atoms with Gasteiger partial charge in [0.1, 0.15) is 13.1 Å². The van der Waals surface area contributed by atoms with Crippen molar-refractivity contribution in [3.63, 3.8) is 0 Å². The van der Waals surface area contributed by atoms with Crippen molar-refractivity contribution < 1.29 is 119 Å². The lowest BCUT2D eigenvalue weighted by atomic mass is 9.97. The van der Waals surface area contributed by atoms with Gasteiger partial charge in [0.15, 0.2) is 34.1 Å². The molecule has 0 unspecified atom stereocenters. The predicted octanol–water partition coefficient (Wildman–Crippen LogP) is 17.1. The van der Waals surface area contributed by atoms with Gasteiger partial charge in [-0.15, -0.1) is 23.5 Å². The largest absolute Gasteiger partial charge is 0.416 e. The molecule has 550 valence electrons. The number of benzene rings is 8. The van der Waals surface area contributed by atoms with Gasteiger partial charge in [0.2, 0.25) is 11.8 Å². The molecule has 0 radical (unpaired) electrons. The number of piperidine rings is 2. The zero-order valence-electron chi connectivity index (χ0n) is 95.2. The van der Waals surface area contributed by atoms with Gasteiger partial charge in [0.05, 0.1) is 74.1 Å². The number of hydrogen-bond donors (Lipinski definition) is 0. The van der Waals surface area contributed by atoms with Crippen LogP contribution < -0.4 is 10.9 Å². The summed E-state index contributed by atoms with van der Waals surface area (Å²) in [6.07, 6.45) is -27.1. The molecule has 0 N–H and O–H groups in total.